The Morgan fingerprint density at radius 2 is 2.00 bits per heavy atom. The number of hydrogen-bond acceptors (Lipinski definition) is 3. The highest BCUT2D eigenvalue weighted by Crippen LogP contribution is 2.26. The predicted molar refractivity (Wildman–Crippen MR) is 89.0 cm³/mol. The predicted octanol–water partition coefficient (Wildman–Crippen LogP) is 3.79. The zero-order valence-corrected chi connectivity index (χ0v) is 14.0. The fourth-order valence-corrected chi connectivity index (χ4v) is 2.53. The van der Waals surface area contributed by atoms with E-state index in [2.05, 4.69) is 33.2 Å². The van der Waals surface area contributed by atoms with Crippen LogP contribution in [0.4, 0.5) is 0 Å². The van der Waals surface area contributed by atoms with Crippen molar-refractivity contribution in [2.75, 3.05) is 6.54 Å². The molecular formula is C17H21BrN2O. The van der Waals surface area contributed by atoms with Gasteiger partial charge in [0, 0.05) is 29.5 Å². The fraction of sp³-hybridized carbons (Fsp3) is 0.353. The summed E-state index contributed by atoms with van der Waals surface area (Å²) in [4.78, 5) is 4.13. The number of benzene rings is 1. The Morgan fingerprint density at radius 3 is 2.57 bits per heavy atom. The number of halogens is 1. The topological polar surface area (TPSA) is 45.1 Å². The van der Waals surface area contributed by atoms with Gasteiger partial charge in [0.15, 0.2) is 0 Å². The summed E-state index contributed by atoms with van der Waals surface area (Å²) < 4.78 is 1.02. The first-order valence-electron chi connectivity index (χ1n) is 7.17. The van der Waals surface area contributed by atoms with Crippen LogP contribution in [0.25, 0.3) is 0 Å². The second-order valence-electron chi connectivity index (χ2n) is 5.28. The van der Waals surface area contributed by atoms with Crippen molar-refractivity contribution in [1.82, 2.24) is 10.3 Å². The first kappa shape index (κ1) is 16.1. The van der Waals surface area contributed by atoms with Crippen LogP contribution in [0, 0.1) is 0 Å². The lowest BCUT2D eigenvalue weighted by Gasteiger charge is -2.29. The van der Waals surface area contributed by atoms with Crippen molar-refractivity contribution in [2.45, 2.75) is 31.9 Å². The standard InChI is InChI=1S/C17H21BrN2O/c1-3-17(21,15-6-8-16(18)9-7-15)12-20-13(2)14-5-4-10-19-11-14/h4-11,13,20-21H,3,12H2,1-2H3. The molecule has 2 unspecified atom stereocenters. The molecule has 0 spiro atoms. The van der Waals surface area contributed by atoms with Crippen molar-refractivity contribution in [1.29, 1.82) is 0 Å². The van der Waals surface area contributed by atoms with E-state index in [9.17, 15) is 5.11 Å². The minimum absolute atomic E-state index is 0.146. The van der Waals surface area contributed by atoms with Gasteiger partial charge in [-0.25, -0.2) is 0 Å². The molecule has 0 amide bonds. The molecule has 112 valence electrons. The molecule has 0 bridgehead atoms. The van der Waals surface area contributed by atoms with Gasteiger partial charge in [-0.1, -0.05) is 41.1 Å². The third-order valence-corrected chi connectivity index (χ3v) is 4.38. The van der Waals surface area contributed by atoms with E-state index in [0.29, 0.717) is 13.0 Å². The van der Waals surface area contributed by atoms with Crippen LogP contribution in [0.1, 0.15) is 37.4 Å². The van der Waals surface area contributed by atoms with Crippen LogP contribution in [0.2, 0.25) is 0 Å². The molecule has 2 rings (SSSR count). The molecule has 1 aromatic carbocycles. The summed E-state index contributed by atoms with van der Waals surface area (Å²) in [6.45, 7) is 4.58. The minimum atomic E-state index is -0.864. The van der Waals surface area contributed by atoms with Crippen molar-refractivity contribution in [3.8, 4) is 0 Å². The van der Waals surface area contributed by atoms with Crippen LogP contribution >= 0.6 is 15.9 Å². The van der Waals surface area contributed by atoms with Crippen LogP contribution in [0.15, 0.2) is 53.3 Å². The molecular weight excluding hydrogens is 328 g/mol. The van der Waals surface area contributed by atoms with E-state index in [0.717, 1.165) is 15.6 Å². The van der Waals surface area contributed by atoms with E-state index in [4.69, 9.17) is 0 Å². The van der Waals surface area contributed by atoms with E-state index in [-0.39, 0.29) is 6.04 Å². The molecule has 1 heterocycles. The van der Waals surface area contributed by atoms with Crippen molar-refractivity contribution >= 4 is 15.9 Å². The molecule has 0 aliphatic rings. The average molecular weight is 349 g/mol. The molecule has 3 nitrogen and oxygen atoms in total. The van der Waals surface area contributed by atoms with Gasteiger partial charge in [-0.15, -0.1) is 0 Å². The first-order valence-corrected chi connectivity index (χ1v) is 7.96. The second kappa shape index (κ2) is 7.16. The number of nitrogens with zero attached hydrogens (tertiary/aromatic N) is 1. The smallest absolute Gasteiger partial charge is 0.102 e. The highest BCUT2D eigenvalue weighted by molar-refractivity contribution is 9.10. The summed E-state index contributed by atoms with van der Waals surface area (Å²) in [6.07, 6.45) is 4.27. The molecule has 0 aliphatic carbocycles. The normalized spacial score (nSPS) is 15.4. The van der Waals surface area contributed by atoms with Gasteiger partial charge in [0.2, 0.25) is 0 Å². The van der Waals surface area contributed by atoms with Crippen LogP contribution < -0.4 is 5.32 Å². The number of hydrogen-bond donors (Lipinski definition) is 2. The highest BCUT2D eigenvalue weighted by atomic mass is 79.9. The molecule has 0 fully saturated rings. The largest absolute Gasteiger partial charge is 0.384 e. The molecule has 1 aromatic heterocycles. The highest BCUT2D eigenvalue weighted by Gasteiger charge is 2.27. The van der Waals surface area contributed by atoms with E-state index >= 15 is 0 Å². The molecule has 2 atom stereocenters. The average Bonchev–Trinajstić information content (AvgIpc) is 2.53. The maximum absolute atomic E-state index is 10.9. The van der Waals surface area contributed by atoms with E-state index in [1.54, 1.807) is 6.20 Å². The zero-order valence-electron chi connectivity index (χ0n) is 12.4. The van der Waals surface area contributed by atoms with Gasteiger partial charge < -0.3 is 10.4 Å². The molecule has 2 aromatic rings. The number of pyridine rings is 1. The van der Waals surface area contributed by atoms with Gasteiger partial charge >= 0.3 is 0 Å². The van der Waals surface area contributed by atoms with E-state index in [1.165, 1.54) is 0 Å². The Balaban J connectivity index is 2.06. The summed E-state index contributed by atoms with van der Waals surface area (Å²) in [5.41, 5.74) is 1.18. The fourth-order valence-electron chi connectivity index (χ4n) is 2.26. The van der Waals surface area contributed by atoms with Crippen LogP contribution in [-0.4, -0.2) is 16.6 Å². The zero-order chi connectivity index (χ0) is 15.3. The maximum atomic E-state index is 10.9. The Bertz CT molecular complexity index is 559. The lowest BCUT2D eigenvalue weighted by molar-refractivity contribution is 0.0303. The summed E-state index contributed by atoms with van der Waals surface area (Å²) in [6, 6.07) is 11.9. The van der Waals surface area contributed by atoms with Crippen molar-refractivity contribution in [3.63, 3.8) is 0 Å². The summed E-state index contributed by atoms with van der Waals surface area (Å²) in [5.74, 6) is 0. The SMILES string of the molecule is CCC(O)(CNC(C)c1cccnc1)c1ccc(Br)cc1. The lowest BCUT2D eigenvalue weighted by Crippen LogP contribution is -2.38. The minimum Gasteiger partial charge on any atom is -0.384 e. The van der Waals surface area contributed by atoms with Crippen molar-refractivity contribution < 1.29 is 5.11 Å². The number of nitrogens with one attached hydrogen (secondary N) is 1. The van der Waals surface area contributed by atoms with Crippen LogP contribution in [0.3, 0.4) is 0 Å². The Labute approximate surface area is 134 Å². The second-order valence-corrected chi connectivity index (χ2v) is 6.20. The Morgan fingerprint density at radius 1 is 1.29 bits per heavy atom. The van der Waals surface area contributed by atoms with Crippen LogP contribution in [-0.2, 0) is 5.60 Å². The lowest BCUT2D eigenvalue weighted by atomic mass is 9.90. The molecule has 0 aliphatic heterocycles. The molecule has 4 heteroatoms. The van der Waals surface area contributed by atoms with E-state index < -0.39 is 5.60 Å². The van der Waals surface area contributed by atoms with Crippen molar-refractivity contribution in [2.24, 2.45) is 0 Å². The number of aliphatic hydroxyl groups is 1. The Hall–Kier alpha value is -1.23. The first-order chi connectivity index (χ1) is 10.0. The van der Waals surface area contributed by atoms with Gasteiger partial charge in [-0.2, -0.15) is 0 Å². The number of aromatic nitrogens is 1. The summed E-state index contributed by atoms with van der Waals surface area (Å²) in [5, 5.41) is 14.3. The van der Waals surface area contributed by atoms with Crippen LogP contribution in [0.5, 0.6) is 0 Å². The Kier molecular flexibility index (Phi) is 5.51. The molecule has 0 saturated carbocycles. The van der Waals surface area contributed by atoms with Crippen molar-refractivity contribution in [3.05, 3.63) is 64.4 Å². The third-order valence-electron chi connectivity index (χ3n) is 3.85. The van der Waals surface area contributed by atoms with Gasteiger partial charge in [0.25, 0.3) is 0 Å². The maximum Gasteiger partial charge on any atom is 0.102 e. The molecule has 0 radical (unpaired) electrons. The van der Waals surface area contributed by atoms with Gasteiger partial charge in [-0.05, 0) is 42.7 Å². The summed E-state index contributed by atoms with van der Waals surface area (Å²) in [7, 11) is 0. The molecule has 2 N–H and O–H groups in total. The third kappa shape index (κ3) is 4.13. The van der Waals surface area contributed by atoms with E-state index in [1.807, 2.05) is 49.5 Å². The molecule has 0 saturated heterocycles. The quantitative estimate of drug-likeness (QED) is 0.834. The summed E-state index contributed by atoms with van der Waals surface area (Å²) >= 11 is 3.42. The van der Waals surface area contributed by atoms with Gasteiger partial charge in [0.1, 0.15) is 5.60 Å². The van der Waals surface area contributed by atoms with Gasteiger partial charge in [0.05, 0.1) is 0 Å². The monoisotopic (exact) mass is 348 g/mol. The molecule has 21 heavy (non-hydrogen) atoms. The number of rotatable bonds is 6. The van der Waals surface area contributed by atoms with Gasteiger partial charge in [-0.3, -0.25) is 4.98 Å².